The van der Waals surface area contributed by atoms with Gasteiger partial charge in [0.05, 0.1) is 26.5 Å². The third kappa shape index (κ3) is 3.26. The number of carbonyl (C=O) groups excluding carboxylic acids is 1. The van der Waals surface area contributed by atoms with Gasteiger partial charge in [-0.15, -0.1) is 0 Å². The molecule has 2 aromatic rings. The molecule has 0 saturated heterocycles. The highest BCUT2D eigenvalue weighted by molar-refractivity contribution is 9.10. The van der Waals surface area contributed by atoms with Gasteiger partial charge in [-0.1, -0.05) is 23.4 Å². The molecule has 0 amide bonds. The van der Waals surface area contributed by atoms with Gasteiger partial charge in [-0.2, -0.15) is 0 Å². The minimum absolute atomic E-state index is 0.0486. The fourth-order valence-corrected chi connectivity index (χ4v) is 3.38. The Morgan fingerprint density at radius 1 is 1.41 bits per heavy atom. The number of hydrogen-bond acceptors (Lipinski definition) is 4. The molecular formula is C14H9BrClNO4S. The van der Waals surface area contributed by atoms with E-state index in [1.54, 1.807) is 12.1 Å². The summed E-state index contributed by atoms with van der Waals surface area (Å²) in [5, 5.41) is 10.6. The Hall–Kier alpha value is -1.57. The largest absolute Gasteiger partial charge is 0.478 e. The van der Waals surface area contributed by atoms with Crippen molar-refractivity contribution in [3.63, 3.8) is 0 Å². The van der Waals surface area contributed by atoms with E-state index >= 15 is 0 Å². The molecule has 0 atom stereocenters. The van der Waals surface area contributed by atoms with Crippen LogP contribution in [0.4, 0.5) is 0 Å². The molecule has 2 N–H and O–H groups in total. The van der Waals surface area contributed by atoms with Crippen LogP contribution in [0.3, 0.4) is 0 Å². The summed E-state index contributed by atoms with van der Waals surface area (Å²) in [6.07, 6.45) is 0.921. The molecule has 2 rings (SSSR count). The van der Waals surface area contributed by atoms with Crippen LogP contribution < -0.4 is 5.43 Å². The van der Waals surface area contributed by atoms with Gasteiger partial charge in [0.25, 0.3) is 0 Å². The Bertz CT molecular complexity index is 875. The number of H-pyrrole nitrogens is 1. The fourth-order valence-electron chi connectivity index (χ4n) is 1.87. The Balaban J connectivity index is 2.78. The maximum Gasteiger partial charge on any atom is 0.328 e. The SMILES string of the molecule is CC(=O)c1c(S/C=C\C(=O)O)[nH]c2c(Br)ccc(Cl)c2c1=O. The van der Waals surface area contributed by atoms with Gasteiger partial charge >= 0.3 is 5.97 Å². The summed E-state index contributed by atoms with van der Waals surface area (Å²) in [4.78, 5) is 37.8. The van der Waals surface area contributed by atoms with Crippen molar-refractivity contribution in [1.29, 1.82) is 0 Å². The zero-order valence-electron chi connectivity index (χ0n) is 11.1. The molecule has 8 heteroatoms. The number of aromatic nitrogens is 1. The van der Waals surface area contributed by atoms with Crippen molar-refractivity contribution in [3.8, 4) is 0 Å². The molecule has 0 spiro atoms. The molecule has 0 radical (unpaired) electrons. The summed E-state index contributed by atoms with van der Waals surface area (Å²) in [6, 6.07) is 3.24. The van der Waals surface area contributed by atoms with Crippen LogP contribution in [0.1, 0.15) is 17.3 Å². The lowest BCUT2D eigenvalue weighted by Crippen LogP contribution is -2.16. The second-order valence-electron chi connectivity index (χ2n) is 4.25. The third-order valence-corrected chi connectivity index (χ3v) is 4.56. The number of aliphatic carboxylic acids is 1. The van der Waals surface area contributed by atoms with Gasteiger partial charge in [-0.05, 0) is 40.4 Å². The van der Waals surface area contributed by atoms with Crippen LogP contribution in [0.2, 0.25) is 5.02 Å². The van der Waals surface area contributed by atoms with Crippen LogP contribution in [0, 0.1) is 0 Å². The maximum atomic E-state index is 12.6. The van der Waals surface area contributed by atoms with Crippen molar-refractivity contribution in [3.05, 3.63) is 48.9 Å². The van der Waals surface area contributed by atoms with Crippen LogP contribution in [0.15, 0.2) is 37.9 Å². The van der Waals surface area contributed by atoms with Crippen LogP contribution >= 0.6 is 39.3 Å². The number of fused-ring (bicyclic) bond motifs is 1. The van der Waals surface area contributed by atoms with Gasteiger partial charge in [-0.25, -0.2) is 4.79 Å². The normalized spacial score (nSPS) is 11.2. The van der Waals surface area contributed by atoms with Crippen LogP contribution in [-0.2, 0) is 4.79 Å². The number of aromatic amines is 1. The zero-order chi connectivity index (χ0) is 16.4. The van der Waals surface area contributed by atoms with E-state index in [0.717, 1.165) is 17.8 Å². The molecule has 1 heterocycles. The molecule has 0 saturated carbocycles. The number of nitrogens with one attached hydrogen (secondary N) is 1. The number of Topliss-reactive ketones (excluding diaryl/α,β-unsaturated/α-hetero) is 1. The first-order chi connectivity index (χ1) is 10.3. The first-order valence-electron chi connectivity index (χ1n) is 5.94. The van der Waals surface area contributed by atoms with Gasteiger partial charge < -0.3 is 10.1 Å². The van der Waals surface area contributed by atoms with Crippen molar-refractivity contribution in [2.75, 3.05) is 0 Å². The number of carbonyl (C=O) groups is 2. The van der Waals surface area contributed by atoms with Crippen molar-refractivity contribution < 1.29 is 14.7 Å². The number of hydrogen-bond donors (Lipinski definition) is 2. The van der Waals surface area contributed by atoms with Crippen LogP contribution in [0.25, 0.3) is 10.9 Å². The van der Waals surface area contributed by atoms with E-state index in [0.29, 0.717) is 9.99 Å². The van der Waals surface area contributed by atoms with E-state index in [1.165, 1.54) is 12.3 Å². The Morgan fingerprint density at radius 2 is 2.09 bits per heavy atom. The summed E-state index contributed by atoms with van der Waals surface area (Å²) in [7, 11) is 0. The molecule has 22 heavy (non-hydrogen) atoms. The van der Waals surface area contributed by atoms with Crippen molar-refractivity contribution >= 4 is 61.9 Å². The Kier molecular flexibility index (Phi) is 5.10. The van der Waals surface area contributed by atoms with E-state index in [9.17, 15) is 14.4 Å². The smallest absolute Gasteiger partial charge is 0.328 e. The number of pyridine rings is 1. The minimum Gasteiger partial charge on any atom is -0.478 e. The molecule has 114 valence electrons. The van der Waals surface area contributed by atoms with Gasteiger partial charge in [0.15, 0.2) is 5.78 Å². The van der Waals surface area contributed by atoms with Crippen molar-refractivity contribution in [1.82, 2.24) is 4.98 Å². The van der Waals surface area contributed by atoms with E-state index in [4.69, 9.17) is 16.7 Å². The Morgan fingerprint density at radius 3 is 2.68 bits per heavy atom. The number of benzene rings is 1. The molecule has 1 aromatic heterocycles. The fraction of sp³-hybridized carbons (Fsp3) is 0.0714. The number of halogens is 2. The number of carboxylic acid groups (broad SMARTS) is 1. The number of carboxylic acids is 1. The average molecular weight is 403 g/mol. The molecule has 1 aromatic carbocycles. The van der Waals surface area contributed by atoms with Crippen molar-refractivity contribution in [2.45, 2.75) is 11.9 Å². The summed E-state index contributed by atoms with van der Waals surface area (Å²) >= 11 is 10.3. The van der Waals surface area contributed by atoms with Crippen molar-refractivity contribution in [2.24, 2.45) is 0 Å². The Labute approximate surface area is 142 Å². The third-order valence-electron chi connectivity index (χ3n) is 2.77. The van der Waals surface area contributed by atoms with E-state index in [2.05, 4.69) is 20.9 Å². The molecule has 0 aliphatic rings. The van der Waals surface area contributed by atoms with Crippen LogP contribution in [0.5, 0.6) is 0 Å². The van der Waals surface area contributed by atoms with Gasteiger partial charge in [0.1, 0.15) is 0 Å². The summed E-state index contributed by atoms with van der Waals surface area (Å²) < 4.78 is 0.614. The quantitative estimate of drug-likeness (QED) is 0.461. The average Bonchev–Trinajstić information content (AvgIpc) is 2.41. The number of rotatable bonds is 4. The highest BCUT2D eigenvalue weighted by Gasteiger charge is 2.18. The van der Waals surface area contributed by atoms with E-state index in [-0.39, 0.29) is 21.0 Å². The standard InChI is InChI=1S/C14H9BrClNO4S/c1-6(18)10-13(21)11-8(16)3-2-7(15)12(11)17-14(10)22-5-4-9(19)20/h2-5H,1H3,(H,17,21)(H,19,20)/b5-4-. The summed E-state index contributed by atoms with van der Waals surface area (Å²) in [5.74, 6) is -1.55. The number of thioether (sulfide) groups is 1. The molecule has 5 nitrogen and oxygen atoms in total. The summed E-state index contributed by atoms with van der Waals surface area (Å²) in [5.41, 5.74) is -0.0833. The lowest BCUT2D eigenvalue weighted by molar-refractivity contribution is -0.131. The maximum absolute atomic E-state index is 12.6. The second-order valence-corrected chi connectivity index (χ2v) is 6.43. The first-order valence-corrected chi connectivity index (χ1v) is 7.99. The highest BCUT2D eigenvalue weighted by atomic mass is 79.9. The summed E-state index contributed by atoms with van der Waals surface area (Å²) in [6.45, 7) is 1.27. The molecule has 0 aliphatic carbocycles. The zero-order valence-corrected chi connectivity index (χ0v) is 14.3. The van der Waals surface area contributed by atoms with E-state index in [1.807, 2.05) is 0 Å². The monoisotopic (exact) mass is 401 g/mol. The predicted molar refractivity (Wildman–Crippen MR) is 89.9 cm³/mol. The minimum atomic E-state index is -1.12. The highest BCUT2D eigenvalue weighted by Crippen LogP contribution is 2.30. The molecule has 0 aliphatic heterocycles. The first kappa shape index (κ1) is 16.8. The molecule has 0 fully saturated rings. The molecule has 0 bridgehead atoms. The number of ketones is 1. The van der Waals surface area contributed by atoms with Gasteiger partial charge in [0, 0.05) is 10.5 Å². The lowest BCUT2D eigenvalue weighted by Gasteiger charge is -2.09. The molecular weight excluding hydrogens is 394 g/mol. The predicted octanol–water partition coefficient (Wildman–Crippen LogP) is 3.84. The van der Waals surface area contributed by atoms with Gasteiger partial charge in [0.2, 0.25) is 5.43 Å². The topological polar surface area (TPSA) is 87.2 Å². The van der Waals surface area contributed by atoms with E-state index < -0.39 is 17.2 Å². The molecule has 0 unspecified atom stereocenters. The second kappa shape index (κ2) is 6.68. The lowest BCUT2D eigenvalue weighted by atomic mass is 10.1. The van der Waals surface area contributed by atoms with Crippen LogP contribution in [-0.4, -0.2) is 21.8 Å². The van der Waals surface area contributed by atoms with Gasteiger partial charge in [-0.3, -0.25) is 9.59 Å².